The number of hydrogen-bond donors (Lipinski definition) is 1. The second kappa shape index (κ2) is 6.96. The third-order valence-electron chi connectivity index (χ3n) is 3.87. The smallest absolute Gasteiger partial charge is 0.258 e. The molecule has 12 heteroatoms. The van der Waals surface area contributed by atoms with Crippen molar-refractivity contribution in [2.24, 2.45) is 5.84 Å². The monoisotopic (exact) mass is 457 g/mol. The van der Waals surface area contributed by atoms with Gasteiger partial charge < -0.3 is 0 Å². The molecule has 0 spiro atoms. The van der Waals surface area contributed by atoms with Crippen molar-refractivity contribution < 1.29 is 17.7 Å². The van der Waals surface area contributed by atoms with Gasteiger partial charge in [0.05, 0.1) is 16.6 Å². The molecule has 0 amide bonds. The number of allylic oxidation sites excluding steroid dienone is 4. The molecule has 2 aromatic heterocycles. The zero-order valence-electron chi connectivity index (χ0n) is 13.8. The van der Waals surface area contributed by atoms with Crippen LogP contribution in [0.25, 0.3) is 11.6 Å². The normalized spacial score (nSPS) is 19.4. The van der Waals surface area contributed by atoms with Crippen LogP contribution in [0.15, 0.2) is 57.3 Å². The molecule has 0 fully saturated rings. The summed E-state index contributed by atoms with van der Waals surface area (Å²) in [6.45, 7) is 0. The molecule has 1 unspecified atom stereocenters. The number of alkyl halides is 1. The van der Waals surface area contributed by atoms with Crippen molar-refractivity contribution in [1.82, 2.24) is 14.0 Å². The van der Waals surface area contributed by atoms with E-state index in [-0.39, 0.29) is 5.57 Å². The SMILES string of the molecule is CN(N)S(=O)(=O)C1=CC([N+](=O)[O-])=CC(=Cc2cnn3ccc(Br)cc23)C1F. The van der Waals surface area contributed by atoms with Gasteiger partial charge in [0.1, 0.15) is 4.91 Å². The van der Waals surface area contributed by atoms with E-state index in [1.165, 1.54) is 16.8 Å². The maximum atomic E-state index is 15.0. The average molecular weight is 458 g/mol. The molecule has 3 rings (SSSR count). The van der Waals surface area contributed by atoms with Crippen LogP contribution in [0, 0.1) is 10.1 Å². The fourth-order valence-corrected chi connectivity index (χ4v) is 3.86. The highest BCUT2D eigenvalue weighted by Crippen LogP contribution is 2.32. The van der Waals surface area contributed by atoms with Crippen molar-refractivity contribution in [3.63, 3.8) is 0 Å². The largest absolute Gasteiger partial charge is 0.270 e. The summed E-state index contributed by atoms with van der Waals surface area (Å²) in [6, 6.07) is 3.49. The van der Waals surface area contributed by atoms with Crippen molar-refractivity contribution >= 4 is 37.5 Å². The van der Waals surface area contributed by atoms with Crippen LogP contribution in [-0.2, 0) is 10.0 Å². The summed E-state index contributed by atoms with van der Waals surface area (Å²) in [5, 5.41) is 15.3. The van der Waals surface area contributed by atoms with Crippen LogP contribution in [0.5, 0.6) is 0 Å². The lowest BCUT2D eigenvalue weighted by Crippen LogP contribution is -2.37. The van der Waals surface area contributed by atoms with Crippen molar-refractivity contribution in [2.75, 3.05) is 7.05 Å². The van der Waals surface area contributed by atoms with Gasteiger partial charge in [-0.1, -0.05) is 15.9 Å². The first kappa shape index (κ1) is 19.4. The lowest BCUT2D eigenvalue weighted by molar-refractivity contribution is -0.419. The van der Waals surface area contributed by atoms with Crippen LogP contribution in [0.4, 0.5) is 4.39 Å². The minimum atomic E-state index is -4.39. The van der Waals surface area contributed by atoms with Crippen molar-refractivity contribution in [2.45, 2.75) is 6.17 Å². The van der Waals surface area contributed by atoms with Gasteiger partial charge >= 0.3 is 0 Å². The Morgan fingerprint density at radius 2 is 2.19 bits per heavy atom. The first-order valence-electron chi connectivity index (χ1n) is 7.41. The third-order valence-corrected chi connectivity index (χ3v) is 6.04. The van der Waals surface area contributed by atoms with Gasteiger partial charge in [0.25, 0.3) is 15.7 Å². The van der Waals surface area contributed by atoms with Crippen molar-refractivity contribution in [1.29, 1.82) is 0 Å². The van der Waals surface area contributed by atoms with E-state index in [4.69, 9.17) is 5.84 Å². The van der Waals surface area contributed by atoms with Gasteiger partial charge in [-0.25, -0.2) is 17.3 Å². The first-order chi connectivity index (χ1) is 12.6. The van der Waals surface area contributed by atoms with E-state index >= 15 is 0 Å². The van der Waals surface area contributed by atoms with Gasteiger partial charge in [0.15, 0.2) is 6.17 Å². The number of fused-ring (bicyclic) bond motifs is 1. The number of hydrazine groups is 1. The lowest BCUT2D eigenvalue weighted by atomic mass is 10.0. The summed E-state index contributed by atoms with van der Waals surface area (Å²) < 4.78 is 42.1. The molecular formula is C15H13BrFN5O4S. The molecule has 2 heterocycles. The van der Waals surface area contributed by atoms with Gasteiger partial charge in [-0.3, -0.25) is 16.0 Å². The number of nitro groups is 1. The lowest BCUT2D eigenvalue weighted by Gasteiger charge is -2.20. The minimum Gasteiger partial charge on any atom is -0.258 e. The zero-order valence-corrected chi connectivity index (χ0v) is 16.2. The molecule has 0 saturated carbocycles. The molecule has 0 radical (unpaired) electrons. The Labute approximate surface area is 161 Å². The van der Waals surface area contributed by atoms with Crippen LogP contribution in [0.1, 0.15) is 5.56 Å². The molecule has 0 saturated heterocycles. The van der Waals surface area contributed by atoms with Crippen molar-refractivity contribution in [3.05, 3.63) is 73.0 Å². The number of rotatable bonds is 4. The molecule has 2 N–H and O–H groups in total. The molecule has 1 atom stereocenters. The Hall–Kier alpha value is -2.41. The average Bonchev–Trinajstić information content (AvgIpc) is 2.98. The predicted molar refractivity (Wildman–Crippen MR) is 99.8 cm³/mol. The van der Waals surface area contributed by atoms with Crippen LogP contribution >= 0.6 is 15.9 Å². The number of nitrogens with two attached hydrogens (primary N) is 1. The fraction of sp³-hybridized carbons (Fsp3) is 0.133. The van der Waals surface area contributed by atoms with E-state index in [1.54, 1.807) is 18.3 Å². The quantitative estimate of drug-likeness (QED) is 0.425. The van der Waals surface area contributed by atoms with E-state index in [0.717, 1.165) is 17.6 Å². The van der Waals surface area contributed by atoms with E-state index in [0.29, 0.717) is 21.6 Å². The summed E-state index contributed by atoms with van der Waals surface area (Å²) >= 11 is 3.32. The topological polar surface area (TPSA) is 124 Å². The first-order valence-corrected chi connectivity index (χ1v) is 9.64. The standard InChI is InChI=1S/C15H13BrFN5O4S/c1-20(18)27(25,26)14-7-12(22(23)24)5-9(15(14)17)4-10-8-19-21-3-2-11(16)6-13(10)21/h2-8,15H,18H2,1H3. The van der Waals surface area contributed by atoms with Gasteiger partial charge in [-0.2, -0.15) is 5.10 Å². The highest BCUT2D eigenvalue weighted by Gasteiger charge is 2.36. The van der Waals surface area contributed by atoms with E-state index < -0.39 is 31.7 Å². The van der Waals surface area contributed by atoms with E-state index in [1.807, 2.05) is 0 Å². The molecule has 0 aliphatic heterocycles. The Bertz CT molecular complexity index is 1140. The summed E-state index contributed by atoms with van der Waals surface area (Å²) in [5.41, 5.74) is 0.315. The summed E-state index contributed by atoms with van der Waals surface area (Å²) in [6.07, 6.45) is 3.98. The molecule has 0 bridgehead atoms. The van der Waals surface area contributed by atoms with Gasteiger partial charge in [0, 0.05) is 35.4 Å². The molecule has 142 valence electrons. The number of halogens is 2. The van der Waals surface area contributed by atoms with Crippen LogP contribution < -0.4 is 5.84 Å². The maximum absolute atomic E-state index is 15.0. The molecule has 1 aliphatic carbocycles. The number of sulfonamides is 1. The maximum Gasteiger partial charge on any atom is 0.270 e. The summed E-state index contributed by atoms with van der Waals surface area (Å²) in [7, 11) is -3.38. The highest BCUT2D eigenvalue weighted by molar-refractivity contribution is 9.10. The van der Waals surface area contributed by atoms with Crippen LogP contribution in [0.3, 0.4) is 0 Å². The number of pyridine rings is 1. The number of aromatic nitrogens is 2. The van der Waals surface area contributed by atoms with E-state index in [9.17, 15) is 22.9 Å². The van der Waals surface area contributed by atoms with Crippen LogP contribution in [-0.4, -0.2) is 40.6 Å². The van der Waals surface area contributed by atoms with Gasteiger partial charge in [-0.15, -0.1) is 4.41 Å². The molecule has 27 heavy (non-hydrogen) atoms. The highest BCUT2D eigenvalue weighted by atomic mass is 79.9. The third kappa shape index (κ3) is 3.56. The van der Waals surface area contributed by atoms with Gasteiger partial charge in [-0.05, 0) is 23.8 Å². The Morgan fingerprint density at radius 3 is 2.81 bits per heavy atom. The predicted octanol–water partition coefficient (Wildman–Crippen LogP) is 2.01. The molecule has 2 aromatic rings. The molecular weight excluding hydrogens is 445 g/mol. The Morgan fingerprint density at radius 1 is 1.48 bits per heavy atom. The fourth-order valence-electron chi connectivity index (χ4n) is 2.53. The summed E-state index contributed by atoms with van der Waals surface area (Å²) in [5.74, 6) is 5.27. The Kier molecular flexibility index (Phi) is 4.99. The second-order valence-electron chi connectivity index (χ2n) is 5.68. The van der Waals surface area contributed by atoms with Gasteiger partial charge in [0.2, 0.25) is 0 Å². The molecule has 9 nitrogen and oxygen atoms in total. The van der Waals surface area contributed by atoms with Crippen molar-refractivity contribution in [3.8, 4) is 0 Å². The molecule has 0 aromatic carbocycles. The number of hydrogen-bond acceptors (Lipinski definition) is 6. The van der Waals surface area contributed by atoms with Crippen LogP contribution in [0.2, 0.25) is 0 Å². The number of nitrogens with zero attached hydrogens (tertiary/aromatic N) is 4. The van der Waals surface area contributed by atoms with E-state index in [2.05, 4.69) is 21.0 Å². The Balaban J connectivity index is 2.17. The zero-order chi connectivity index (χ0) is 19.9. The molecule has 1 aliphatic rings. The minimum absolute atomic E-state index is 0.195. The second-order valence-corrected chi connectivity index (χ2v) is 8.59. The summed E-state index contributed by atoms with van der Waals surface area (Å²) in [4.78, 5) is 9.60.